The third-order valence-corrected chi connectivity index (χ3v) is 4.30. The maximum atomic E-state index is 13.2. The molecular formula is C13H14FN3O2S. The van der Waals surface area contributed by atoms with Gasteiger partial charge in [-0.05, 0) is 36.8 Å². The lowest BCUT2D eigenvalue weighted by atomic mass is 10.2. The van der Waals surface area contributed by atoms with E-state index in [9.17, 15) is 12.8 Å². The molecule has 0 aliphatic carbocycles. The van der Waals surface area contributed by atoms with Crippen LogP contribution in [-0.2, 0) is 16.6 Å². The molecule has 0 bridgehead atoms. The molecule has 0 saturated carbocycles. The molecule has 0 aliphatic heterocycles. The number of sulfonamides is 1. The standard InChI is InChI=1S/C13H14FN3O2S/c1-9-6-11(14)12(15)7-13(9)20(18,19)17-8-10-4-2-3-5-16-10/h2-7,17H,8,15H2,1H3. The molecule has 0 aliphatic rings. The Kier molecular flexibility index (Phi) is 4.01. The highest BCUT2D eigenvalue weighted by atomic mass is 32.2. The lowest BCUT2D eigenvalue weighted by Gasteiger charge is -2.10. The summed E-state index contributed by atoms with van der Waals surface area (Å²) in [5.74, 6) is -0.633. The molecule has 1 aromatic carbocycles. The van der Waals surface area contributed by atoms with Crippen LogP contribution < -0.4 is 10.5 Å². The largest absolute Gasteiger partial charge is 0.396 e. The number of nitrogen functional groups attached to an aromatic ring is 1. The highest BCUT2D eigenvalue weighted by Crippen LogP contribution is 2.21. The van der Waals surface area contributed by atoms with E-state index in [4.69, 9.17) is 5.73 Å². The molecule has 1 aromatic heterocycles. The van der Waals surface area contributed by atoms with Crippen molar-refractivity contribution in [2.24, 2.45) is 0 Å². The molecule has 0 saturated heterocycles. The van der Waals surface area contributed by atoms with Gasteiger partial charge >= 0.3 is 0 Å². The number of benzene rings is 1. The van der Waals surface area contributed by atoms with Crippen molar-refractivity contribution in [1.29, 1.82) is 0 Å². The fraction of sp³-hybridized carbons (Fsp3) is 0.154. The van der Waals surface area contributed by atoms with Gasteiger partial charge in [-0.15, -0.1) is 0 Å². The monoisotopic (exact) mass is 295 g/mol. The number of halogens is 1. The molecule has 0 fully saturated rings. The molecule has 0 amide bonds. The third-order valence-electron chi connectivity index (χ3n) is 2.75. The van der Waals surface area contributed by atoms with Gasteiger partial charge in [-0.3, -0.25) is 4.98 Å². The zero-order valence-electron chi connectivity index (χ0n) is 10.8. The summed E-state index contributed by atoms with van der Waals surface area (Å²) in [6, 6.07) is 7.42. The van der Waals surface area contributed by atoms with Gasteiger partial charge in [0, 0.05) is 6.20 Å². The maximum Gasteiger partial charge on any atom is 0.241 e. The molecule has 0 radical (unpaired) electrons. The Bertz CT molecular complexity index is 718. The quantitative estimate of drug-likeness (QED) is 0.839. The molecule has 106 valence electrons. The fourth-order valence-corrected chi connectivity index (χ4v) is 2.97. The minimum absolute atomic E-state index is 0.0349. The number of nitrogens with one attached hydrogen (secondary N) is 1. The Labute approximate surface area is 116 Å². The Morgan fingerprint density at radius 2 is 2.10 bits per heavy atom. The fourth-order valence-electron chi connectivity index (χ4n) is 1.71. The van der Waals surface area contributed by atoms with Crippen molar-refractivity contribution in [2.45, 2.75) is 18.4 Å². The molecule has 5 nitrogen and oxygen atoms in total. The van der Waals surface area contributed by atoms with Crippen LogP contribution >= 0.6 is 0 Å². The van der Waals surface area contributed by atoms with Crippen molar-refractivity contribution < 1.29 is 12.8 Å². The Morgan fingerprint density at radius 1 is 1.35 bits per heavy atom. The zero-order chi connectivity index (χ0) is 14.8. The topological polar surface area (TPSA) is 85.1 Å². The van der Waals surface area contributed by atoms with E-state index in [1.165, 1.54) is 6.92 Å². The Morgan fingerprint density at radius 3 is 2.75 bits per heavy atom. The molecule has 2 aromatic rings. The summed E-state index contributed by atoms with van der Waals surface area (Å²) >= 11 is 0. The summed E-state index contributed by atoms with van der Waals surface area (Å²) in [5, 5.41) is 0. The minimum Gasteiger partial charge on any atom is -0.396 e. The van der Waals surface area contributed by atoms with Crippen LogP contribution in [-0.4, -0.2) is 13.4 Å². The minimum atomic E-state index is -3.77. The summed E-state index contributed by atoms with van der Waals surface area (Å²) in [4.78, 5) is 3.98. The van der Waals surface area contributed by atoms with Gasteiger partial charge in [0.25, 0.3) is 0 Å². The summed E-state index contributed by atoms with van der Waals surface area (Å²) in [7, 11) is -3.77. The second-order valence-electron chi connectivity index (χ2n) is 4.28. The number of anilines is 1. The van der Waals surface area contributed by atoms with Crippen molar-refractivity contribution >= 4 is 15.7 Å². The summed E-state index contributed by atoms with van der Waals surface area (Å²) < 4.78 is 40.0. The van der Waals surface area contributed by atoms with Crippen LogP contribution in [0.3, 0.4) is 0 Å². The molecule has 0 atom stereocenters. The molecule has 20 heavy (non-hydrogen) atoms. The molecular weight excluding hydrogens is 281 g/mol. The van der Waals surface area contributed by atoms with Gasteiger partial charge in [0.1, 0.15) is 5.82 Å². The number of hydrogen-bond acceptors (Lipinski definition) is 4. The van der Waals surface area contributed by atoms with Gasteiger partial charge < -0.3 is 5.73 Å². The number of aryl methyl sites for hydroxylation is 1. The molecule has 2 rings (SSSR count). The second kappa shape index (κ2) is 5.56. The van der Waals surface area contributed by atoms with Gasteiger partial charge in [0.2, 0.25) is 10.0 Å². The number of aromatic nitrogens is 1. The number of nitrogens with two attached hydrogens (primary N) is 1. The summed E-state index contributed by atoms with van der Waals surface area (Å²) in [6.07, 6.45) is 1.57. The summed E-state index contributed by atoms with van der Waals surface area (Å²) in [5.41, 5.74) is 6.10. The number of nitrogens with zero attached hydrogens (tertiary/aromatic N) is 1. The smallest absolute Gasteiger partial charge is 0.241 e. The summed E-state index contributed by atoms with van der Waals surface area (Å²) in [6.45, 7) is 1.57. The van der Waals surface area contributed by atoms with Crippen molar-refractivity contribution in [3.05, 3.63) is 53.6 Å². The van der Waals surface area contributed by atoms with Crippen molar-refractivity contribution in [3.63, 3.8) is 0 Å². The lowest BCUT2D eigenvalue weighted by Crippen LogP contribution is -2.24. The first-order valence-corrected chi connectivity index (χ1v) is 7.33. The number of hydrogen-bond donors (Lipinski definition) is 2. The Balaban J connectivity index is 2.25. The first-order chi connectivity index (χ1) is 9.40. The van der Waals surface area contributed by atoms with Crippen LogP contribution in [0.1, 0.15) is 11.3 Å². The number of rotatable bonds is 4. The van der Waals surface area contributed by atoms with Gasteiger partial charge in [0.05, 0.1) is 22.8 Å². The van der Waals surface area contributed by atoms with E-state index < -0.39 is 15.8 Å². The highest BCUT2D eigenvalue weighted by molar-refractivity contribution is 7.89. The first-order valence-electron chi connectivity index (χ1n) is 5.85. The van der Waals surface area contributed by atoms with Gasteiger partial charge in [-0.25, -0.2) is 17.5 Å². The predicted molar refractivity (Wildman–Crippen MR) is 73.8 cm³/mol. The van der Waals surface area contributed by atoms with Crippen LogP contribution in [0.4, 0.5) is 10.1 Å². The Hall–Kier alpha value is -1.99. The lowest BCUT2D eigenvalue weighted by molar-refractivity contribution is 0.579. The van der Waals surface area contributed by atoms with Crippen molar-refractivity contribution in [1.82, 2.24) is 9.71 Å². The molecule has 1 heterocycles. The first kappa shape index (κ1) is 14.4. The second-order valence-corrected chi connectivity index (χ2v) is 6.02. The zero-order valence-corrected chi connectivity index (χ0v) is 11.6. The average Bonchev–Trinajstić information content (AvgIpc) is 2.42. The molecule has 7 heteroatoms. The van der Waals surface area contributed by atoms with E-state index in [1.54, 1.807) is 24.4 Å². The normalized spacial score (nSPS) is 11.5. The van der Waals surface area contributed by atoms with Crippen LogP contribution in [0.5, 0.6) is 0 Å². The van der Waals surface area contributed by atoms with Gasteiger partial charge in [-0.2, -0.15) is 0 Å². The van der Waals surface area contributed by atoms with Crippen molar-refractivity contribution in [3.8, 4) is 0 Å². The van der Waals surface area contributed by atoms with Gasteiger partial charge in [-0.1, -0.05) is 6.07 Å². The van der Waals surface area contributed by atoms with Crippen LogP contribution in [0.25, 0.3) is 0 Å². The van der Waals surface area contributed by atoms with E-state index in [-0.39, 0.29) is 17.1 Å². The predicted octanol–water partition coefficient (Wildman–Crippen LogP) is 1.59. The number of pyridine rings is 1. The van der Waals surface area contributed by atoms with Gasteiger partial charge in [0.15, 0.2) is 0 Å². The SMILES string of the molecule is Cc1cc(F)c(N)cc1S(=O)(=O)NCc1ccccn1. The van der Waals surface area contributed by atoms with E-state index >= 15 is 0 Å². The van der Waals surface area contributed by atoms with Crippen molar-refractivity contribution in [2.75, 3.05) is 5.73 Å². The van der Waals surface area contributed by atoms with E-state index in [2.05, 4.69) is 9.71 Å². The maximum absolute atomic E-state index is 13.2. The molecule has 3 N–H and O–H groups in total. The van der Waals surface area contributed by atoms with Crippen LogP contribution in [0.15, 0.2) is 41.4 Å². The van der Waals surface area contributed by atoms with E-state index in [1.807, 2.05) is 0 Å². The van der Waals surface area contributed by atoms with E-state index in [0.29, 0.717) is 11.3 Å². The van der Waals surface area contributed by atoms with Crippen LogP contribution in [0.2, 0.25) is 0 Å². The molecule has 0 unspecified atom stereocenters. The van der Waals surface area contributed by atoms with Crippen LogP contribution in [0, 0.1) is 12.7 Å². The average molecular weight is 295 g/mol. The highest BCUT2D eigenvalue weighted by Gasteiger charge is 2.18. The third kappa shape index (κ3) is 3.12. The van der Waals surface area contributed by atoms with E-state index in [0.717, 1.165) is 12.1 Å². The molecule has 0 spiro atoms.